The summed E-state index contributed by atoms with van der Waals surface area (Å²) in [6.45, 7) is 4.59. The van der Waals surface area contributed by atoms with Gasteiger partial charge in [0.2, 0.25) is 5.91 Å². The van der Waals surface area contributed by atoms with Crippen molar-refractivity contribution in [1.29, 1.82) is 0 Å². The molecule has 368 valence electrons. The van der Waals surface area contributed by atoms with E-state index in [1.54, 1.807) is 6.08 Å². The highest BCUT2D eigenvalue weighted by atomic mass is 31.2. The van der Waals surface area contributed by atoms with E-state index in [1.807, 2.05) is 27.2 Å². The van der Waals surface area contributed by atoms with Gasteiger partial charge < -0.3 is 19.8 Å². The van der Waals surface area contributed by atoms with Crippen LogP contribution in [0, 0.1) is 0 Å². The molecule has 3 unspecified atom stereocenters. The van der Waals surface area contributed by atoms with Crippen LogP contribution in [0.2, 0.25) is 0 Å². The number of hydrogen-bond acceptors (Lipinski definition) is 5. The summed E-state index contributed by atoms with van der Waals surface area (Å²) in [4.78, 5) is 23.2. The Morgan fingerprint density at radius 1 is 0.538 bits per heavy atom. The average Bonchev–Trinajstić information content (AvgIpc) is 3.26. The Balaban J connectivity index is 4.47. The molecule has 0 aromatic heterocycles. The van der Waals surface area contributed by atoms with Gasteiger partial charge in [-0.05, 0) is 96.3 Å². The zero-order valence-corrected chi connectivity index (χ0v) is 42.6. The van der Waals surface area contributed by atoms with Gasteiger partial charge >= 0.3 is 7.82 Å². The third kappa shape index (κ3) is 48.4. The summed E-state index contributed by atoms with van der Waals surface area (Å²) in [7, 11) is 1.49. The minimum Gasteiger partial charge on any atom is -0.387 e. The molecule has 0 saturated heterocycles. The molecule has 65 heavy (non-hydrogen) atoms. The minimum absolute atomic E-state index is 0.0371. The largest absolute Gasteiger partial charge is 0.472 e. The molecule has 0 fully saturated rings. The average molecular weight is 922 g/mol. The van der Waals surface area contributed by atoms with Crippen molar-refractivity contribution in [2.75, 3.05) is 40.9 Å². The molecule has 3 atom stereocenters. The number of carbonyl (C=O) groups is 1. The summed E-state index contributed by atoms with van der Waals surface area (Å²) in [6, 6.07) is -0.904. The quantitative estimate of drug-likeness (QED) is 0.0244. The standard InChI is InChI=1S/C56H93N2O6P/c1-6-8-10-12-14-16-18-20-22-23-24-25-26-27-28-29-30-31-32-33-34-35-36-38-40-42-44-46-48-50-56(60)57-54(53-64-65(61,62)63-52-51-58(3,4)5)55(59)49-47-45-43-41-39-37-21-19-17-15-13-11-9-7-2/h8,10,14,16,20,22,24-25,27-28,30-31,33-34,36,38-39,41-42,44,47,49,54-55,59H,6-7,9,11-13,15,17-19,21,23,26,29,32,35,37,40,43,45-46,48,50-53H2,1-5H3,(H-,57,60,61,62)/p+1/b10-8-,16-14-,22-20-,25-24-,28-27-,31-30-,34-33-,38-36-,41-39+,44-42-,49-47+. The summed E-state index contributed by atoms with van der Waals surface area (Å²) in [5, 5.41) is 13.8. The molecule has 0 aromatic carbocycles. The van der Waals surface area contributed by atoms with Crippen molar-refractivity contribution < 1.29 is 32.9 Å². The number of hydrogen-bond donors (Lipinski definition) is 3. The molecule has 3 N–H and O–H groups in total. The van der Waals surface area contributed by atoms with Crippen LogP contribution in [0.3, 0.4) is 0 Å². The second kappa shape index (κ2) is 45.8. The van der Waals surface area contributed by atoms with Crippen LogP contribution in [0.4, 0.5) is 0 Å². The van der Waals surface area contributed by atoms with Crippen molar-refractivity contribution in [2.24, 2.45) is 0 Å². The molecule has 9 heteroatoms. The lowest BCUT2D eigenvalue weighted by atomic mass is 10.1. The van der Waals surface area contributed by atoms with E-state index in [2.05, 4.69) is 141 Å². The van der Waals surface area contributed by atoms with Crippen LogP contribution >= 0.6 is 7.82 Å². The maximum absolute atomic E-state index is 12.9. The van der Waals surface area contributed by atoms with Gasteiger partial charge in [-0.15, -0.1) is 0 Å². The number of likely N-dealkylation sites (N-methyl/N-ethyl adjacent to an activating group) is 1. The van der Waals surface area contributed by atoms with Crippen LogP contribution in [0.5, 0.6) is 0 Å². The van der Waals surface area contributed by atoms with E-state index >= 15 is 0 Å². The summed E-state index contributed by atoms with van der Waals surface area (Å²) in [6.07, 6.45) is 69.7. The number of amides is 1. The molecule has 0 spiro atoms. The maximum Gasteiger partial charge on any atom is 0.472 e. The monoisotopic (exact) mass is 922 g/mol. The number of phosphoric acid groups is 1. The fourth-order valence-electron chi connectivity index (χ4n) is 6.17. The van der Waals surface area contributed by atoms with Crippen LogP contribution in [0.1, 0.15) is 162 Å². The first kappa shape index (κ1) is 61.6. The van der Waals surface area contributed by atoms with Gasteiger partial charge in [-0.3, -0.25) is 13.8 Å². The van der Waals surface area contributed by atoms with Crippen molar-refractivity contribution in [3.63, 3.8) is 0 Å². The predicted octanol–water partition coefficient (Wildman–Crippen LogP) is 14.8. The smallest absolute Gasteiger partial charge is 0.387 e. The van der Waals surface area contributed by atoms with Crippen LogP contribution in [0.15, 0.2) is 134 Å². The van der Waals surface area contributed by atoms with E-state index < -0.39 is 20.0 Å². The molecular weight excluding hydrogens is 828 g/mol. The molecule has 0 aliphatic carbocycles. The highest BCUT2D eigenvalue weighted by Gasteiger charge is 2.27. The van der Waals surface area contributed by atoms with E-state index in [4.69, 9.17) is 9.05 Å². The first-order chi connectivity index (χ1) is 31.5. The van der Waals surface area contributed by atoms with Gasteiger partial charge in [-0.1, -0.05) is 192 Å². The predicted molar refractivity (Wildman–Crippen MR) is 281 cm³/mol. The lowest BCUT2D eigenvalue weighted by Crippen LogP contribution is -2.45. The Morgan fingerprint density at radius 2 is 0.938 bits per heavy atom. The van der Waals surface area contributed by atoms with E-state index in [0.717, 1.165) is 83.5 Å². The first-order valence-electron chi connectivity index (χ1n) is 25.1. The lowest BCUT2D eigenvalue weighted by Gasteiger charge is -2.25. The van der Waals surface area contributed by atoms with E-state index in [1.165, 1.54) is 51.4 Å². The molecule has 0 heterocycles. The van der Waals surface area contributed by atoms with E-state index in [9.17, 15) is 19.4 Å². The lowest BCUT2D eigenvalue weighted by molar-refractivity contribution is -0.870. The van der Waals surface area contributed by atoms with Crippen molar-refractivity contribution in [3.8, 4) is 0 Å². The van der Waals surface area contributed by atoms with Gasteiger partial charge in [0.05, 0.1) is 39.9 Å². The Kier molecular flexibility index (Phi) is 43.4. The molecular formula is C56H94N2O6P+. The minimum atomic E-state index is -4.37. The van der Waals surface area contributed by atoms with Gasteiger partial charge in [0, 0.05) is 6.42 Å². The Labute approximate surface area is 398 Å². The number of phosphoric ester groups is 1. The number of rotatable bonds is 43. The summed E-state index contributed by atoms with van der Waals surface area (Å²) in [5.74, 6) is -0.252. The molecule has 0 aromatic rings. The van der Waals surface area contributed by atoms with E-state index in [-0.39, 0.29) is 25.5 Å². The highest BCUT2D eigenvalue weighted by molar-refractivity contribution is 7.47. The molecule has 0 radical (unpaired) electrons. The number of aliphatic hydroxyl groups excluding tert-OH is 1. The molecule has 0 bridgehead atoms. The molecule has 1 amide bonds. The normalized spacial score (nSPS) is 15.2. The number of quaternary nitrogens is 1. The van der Waals surface area contributed by atoms with Gasteiger partial charge in [0.15, 0.2) is 0 Å². The summed E-state index contributed by atoms with van der Waals surface area (Å²) < 4.78 is 23.5. The fraction of sp³-hybridized carbons (Fsp3) is 0.589. The number of allylic oxidation sites excluding steroid dienone is 21. The van der Waals surface area contributed by atoms with Crippen LogP contribution in [-0.4, -0.2) is 73.4 Å². The SMILES string of the molecule is CC/C=C\C/C=C\C/C=C\C/C=C\C/C=C\C/C=C\C/C=C\C/C=C\C/C=C\CCCC(=O)NC(COP(=O)(O)OCC[N+](C)(C)C)C(O)/C=C/CC/C=C/CCCCCCCCCC. The van der Waals surface area contributed by atoms with Crippen LogP contribution in [0.25, 0.3) is 0 Å². The number of carbonyl (C=O) groups excluding carboxylic acids is 1. The zero-order valence-electron chi connectivity index (χ0n) is 41.7. The van der Waals surface area contributed by atoms with Gasteiger partial charge in [0.25, 0.3) is 0 Å². The van der Waals surface area contributed by atoms with E-state index in [0.29, 0.717) is 17.4 Å². The molecule has 0 rings (SSSR count). The third-order valence-electron chi connectivity index (χ3n) is 10.1. The van der Waals surface area contributed by atoms with Crippen molar-refractivity contribution >= 4 is 13.7 Å². The Hall–Kier alpha value is -3.36. The summed E-state index contributed by atoms with van der Waals surface area (Å²) in [5.41, 5.74) is 0. The number of nitrogens with zero attached hydrogens (tertiary/aromatic N) is 1. The topological polar surface area (TPSA) is 105 Å². The Morgan fingerprint density at radius 3 is 1.42 bits per heavy atom. The second-order valence-electron chi connectivity index (χ2n) is 17.4. The zero-order chi connectivity index (χ0) is 47.8. The highest BCUT2D eigenvalue weighted by Crippen LogP contribution is 2.43. The van der Waals surface area contributed by atoms with Gasteiger partial charge in [0.1, 0.15) is 13.2 Å². The first-order valence-corrected chi connectivity index (χ1v) is 26.6. The fourth-order valence-corrected chi connectivity index (χ4v) is 6.91. The molecule has 8 nitrogen and oxygen atoms in total. The number of aliphatic hydroxyl groups is 1. The molecule has 0 aliphatic rings. The second-order valence-corrected chi connectivity index (χ2v) is 18.9. The van der Waals surface area contributed by atoms with Crippen molar-refractivity contribution in [1.82, 2.24) is 5.32 Å². The van der Waals surface area contributed by atoms with Crippen LogP contribution in [-0.2, 0) is 18.4 Å². The summed E-state index contributed by atoms with van der Waals surface area (Å²) >= 11 is 0. The number of unbranched alkanes of at least 4 members (excludes halogenated alkanes) is 10. The van der Waals surface area contributed by atoms with Crippen LogP contribution < -0.4 is 5.32 Å². The third-order valence-corrected chi connectivity index (χ3v) is 11.1. The molecule has 0 aliphatic heterocycles. The van der Waals surface area contributed by atoms with Gasteiger partial charge in [-0.2, -0.15) is 0 Å². The van der Waals surface area contributed by atoms with Gasteiger partial charge in [-0.25, -0.2) is 4.57 Å². The van der Waals surface area contributed by atoms with Crippen molar-refractivity contribution in [2.45, 2.75) is 174 Å². The maximum atomic E-state index is 12.9. The Bertz CT molecular complexity index is 1510. The molecule has 0 saturated carbocycles. The van der Waals surface area contributed by atoms with Crippen molar-refractivity contribution in [3.05, 3.63) is 134 Å². The number of nitrogens with one attached hydrogen (secondary N) is 1.